The summed E-state index contributed by atoms with van der Waals surface area (Å²) in [6, 6.07) is -0.0420. The maximum absolute atomic E-state index is 13.5. The lowest BCUT2D eigenvalue weighted by Gasteiger charge is -2.17. The molecule has 1 aromatic heterocycles. The fourth-order valence-electron chi connectivity index (χ4n) is 2.74. The first-order valence-corrected chi connectivity index (χ1v) is 6.08. The zero-order valence-corrected chi connectivity index (χ0v) is 9.25. The van der Waals surface area contributed by atoms with Gasteiger partial charge in [-0.2, -0.15) is 0 Å². The average molecular weight is 221 g/mol. The first-order valence-electron chi connectivity index (χ1n) is 6.08. The molecule has 2 aliphatic rings. The van der Waals surface area contributed by atoms with E-state index in [1.54, 1.807) is 6.33 Å². The molecule has 0 amide bonds. The predicted octanol–water partition coefficient (Wildman–Crippen LogP) is 2.27. The summed E-state index contributed by atoms with van der Waals surface area (Å²) in [5.74, 6) is 0.872. The second-order valence-corrected chi connectivity index (χ2v) is 4.70. The summed E-state index contributed by atoms with van der Waals surface area (Å²) in [5, 5.41) is 3.26. The molecule has 0 spiro atoms. The number of nitrogens with zero attached hydrogens (tertiary/aromatic N) is 2. The molecule has 0 bridgehead atoms. The van der Waals surface area contributed by atoms with Gasteiger partial charge < -0.3 is 5.32 Å². The Morgan fingerprint density at radius 3 is 2.94 bits per heavy atom. The van der Waals surface area contributed by atoms with E-state index < -0.39 is 6.17 Å². The van der Waals surface area contributed by atoms with E-state index in [0.717, 1.165) is 43.6 Å². The van der Waals surface area contributed by atoms with Gasteiger partial charge in [0.15, 0.2) is 0 Å². The lowest BCUT2D eigenvalue weighted by Crippen LogP contribution is -2.26. The molecule has 2 atom stereocenters. The van der Waals surface area contributed by atoms with E-state index in [-0.39, 0.29) is 6.04 Å². The molecule has 4 heteroatoms. The van der Waals surface area contributed by atoms with Gasteiger partial charge in [0.2, 0.25) is 0 Å². The Balaban J connectivity index is 1.82. The third-order valence-electron chi connectivity index (χ3n) is 3.63. The Kier molecular flexibility index (Phi) is 2.50. The van der Waals surface area contributed by atoms with Gasteiger partial charge in [-0.3, -0.25) is 0 Å². The number of fused-ring (bicyclic) bond motifs is 1. The zero-order valence-electron chi connectivity index (χ0n) is 9.25. The van der Waals surface area contributed by atoms with E-state index in [1.165, 1.54) is 5.56 Å². The van der Waals surface area contributed by atoms with Crippen molar-refractivity contribution in [2.24, 2.45) is 0 Å². The SMILES string of the molecule is F[C@@H]1CCC[C@H]1Nc1ncnc2c1CCC2. The van der Waals surface area contributed by atoms with Crippen molar-refractivity contribution >= 4 is 5.82 Å². The third kappa shape index (κ3) is 1.66. The van der Waals surface area contributed by atoms with Crippen molar-refractivity contribution in [3.05, 3.63) is 17.6 Å². The average Bonchev–Trinajstić information content (AvgIpc) is 2.89. The van der Waals surface area contributed by atoms with Crippen LogP contribution in [-0.4, -0.2) is 22.2 Å². The molecule has 86 valence electrons. The molecule has 1 saturated carbocycles. The minimum absolute atomic E-state index is 0.0420. The molecule has 1 fully saturated rings. The standard InChI is InChI=1S/C12H16FN3/c13-9-4-2-6-11(9)16-12-8-3-1-5-10(8)14-7-15-12/h7,9,11H,1-6H2,(H,14,15,16)/t9-,11-/m1/s1. The van der Waals surface area contributed by atoms with Gasteiger partial charge in [-0.15, -0.1) is 0 Å². The summed E-state index contributed by atoms with van der Waals surface area (Å²) in [5.41, 5.74) is 2.35. The Bertz CT molecular complexity index is 394. The van der Waals surface area contributed by atoms with Crippen molar-refractivity contribution < 1.29 is 4.39 Å². The monoisotopic (exact) mass is 221 g/mol. The summed E-state index contributed by atoms with van der Waals surface area (Å²) >= 11 is 0. The van der Waals surface area contributed by atoms with E-state index in [2.05, 4.69) is 15.3 Å². The second-order valence-electron chi connectivity index (χ2n) is 4.70. The largest absolute Gasteiger partial charge is 0.364 e. The molecule has 2 aliphatic carbocycles. The quantitative estimate of drug-likeness (QED) is 0.832. The minimum Gasteiger partial charge on any atom is -0.364 e. The van der Waals surface area contributed by atoms with E-state index in [0.29, 0.717) is 6.42 Å². The topological polar surface area (TPSA) is 37.8 Å². The Morgan fingerprint density at radius 2 is 2.12 bits per heavy atom. The van der Waals surface area contributed by atoms with Crippen LogP contribution in [0.2, 0.25) is 0 Å². The van der Waals surface area contributed by atoms with Crippen molar-refractivity contribution in [1.29, 1.82) is 0 Å². The van der Waals surface area contributed by atoms with Crippen LogP contribution in [0.4, 0.5) is 10.2 Å². The highest BCUT2D eigenvalue weighted by Crippen LogP contribution is 2.29. The van der Waals surface area contributed by atoms with Crippen LogP contribution in [0.5, 0.6) is 0 Å². The molecule has 0 aromatic carbocycles. The van der Waals surface area contributed by atoms with Crippen molar-refractivity contribution in [2.75, 3.05) is 5.32 Å². The number of hydrogen-bond donors (Lipinski definition) is 1. The lowest BCUT2D eigenvalue weighted by atomic mass is 10.2. The van der Waals surface area contributed by atoms with Crippen LogP contribution in [0.1, 0.15) is 36.9 Å². The van der Waals surface area contributed by atoms with Crippen LogP contribution in [0.15, 0.2) is 6.33 Å². The van der Waals surface area contributed by atoms with E-state index >= 15 is 0 Å². The molecular formula is C12H16FN3. The Hall–Kier alpha value is -1.19. The summed E-state index contributed by atoms with van der Waals surface area (Å²) in [6.45, 7) is 0. The first kappa shape index (κ1) is 10.00. The Morgan fingerprint density at radius 1 is 1.19 bits per heavy atom. The van der Waals surface area contributed by atoms with Crippen LogP contribution >= 0.6 is 0 Å². The molecule has 0 unspecified atom stereocenters. The first-order chi connectivity index (χ1) is 7.84. The van der Waals surface area contributed by atoms with Gasteiger partial charge in [-0.1, -0.05) is 0 Å². The number of nitrogens with one attached hydrogen (secondary N) is 1. The molecule has 0 aliphatic heterocycles. The van der Waals surface area contributed by atoms with Gasteiger partial charge in [-0.25, -0.2) is 14.4 Å². The molecular weight excluding hydrogens is 205 g/mol. The number of halogens is 1. The van der Waals surface area contributed by atoms with Crippen LogP contribution in [0.3, 0.4) is 0 Å². The Labute approximate surface area is 94.5 Å². The fraction of sp³-hybridized carbons (Fsp3) is 0.667. The lowest BCUT2D eigenvalue weighted by molar-refractivity contribution is 0.323. The van der Waals surface area contributed by atoms with Gasteiger partial charge in [0.1, 0.15) is 18.3 Å². The summed E-state index contributed by atoms with van der Waals surface area (Å²) < 4.78 is 13.5. The number of hydrogen-bond acceptors (Lipinski definition) is 3. The van der Waals surface area contributed by atoms with Gasteiger partial charge in [-0.05, 0) is 38.5 Å². The van der Waals surface area contributed by atoms with Crippen molar-refractivity contribution in [3.63, 3.8) is 0 Å². The molecule has 0 radical (unpaired) electrons. The van der Waals surface area contributed by atoms with E-state index in [1.807, 2.05) is 0 Å². The highest BCUT2D eigenvalue weighted by molar-refractivity contribution is 5.48. The van der Waals surface area contributed by atoms with Crippen LogP contribution in [-0.2, 0) is 12.8 Å². The number of aromatic nitrogens is 2. The number of rotatable bonds is 2. The van der Waals surface area contributed by atoms with Gasteiger partial charge in [0.05, 0.1) is 6.04 Å². The van der Waals surface area contributed by atoms with E-state index in [9.17, 15) is 4.39 Å². The molecule has 1 aromatic rings. The summed E-state index contributed by atoms with van der Waals surface area (Å²) in [7, 11) is 0. The van der Waals surface area contributed by atoms with Crippen LogP contribution < -0.4 is 5.32 Å². The maximum Gasteiger partial charge on any atom is 0.133 e. The fourth-order valence-corrected chi connectivity index (χ4v) is 2.74. The van der Waals surface area contributed by atoms with Crippen molar-refractivity contribution in [3.8, 4) is 0 Å². The predicted molar refractivity (Wildman–Crippen MR) is 60.2 cm³/mol. The molecule has 3 rings (SSSR count). The summed E-state index contributed by atoms with van der Waals surface area (Å²) in [6.07, 6.45) is 6.67. The smallest absolute Gasteiger partial charge is 0.133 e. The molecule has 16 heavy (non-hydrogen) atoms. The van der Waals surface area contributed by atoms with Gasteiger partial charge in [0, 0.05) is 11.3 Å². The second kappa shape index (κ2) is 4.00. The van der Waals surface area contributed by atoms with Gasteiger partial charge >= 0.3 is 0 Å². The molecule has 3 nitrogen and oxygen atoms in total. The third-order valence-corrected chi connectivity index (χ3v) is 3.63. The normalized spacial score (nSPS) is 28.1. The highest BCUT2D eigenvalue weighted by atomic mass is 19.1. The zero-order chi connectivity index (χ0) is 11.0. The molecule has 1 heterocycles. The number of aryl methyl sites for hydroxylation is 1. The number of anilines is 1. The van der Waals surface area contributed by atoms with Crippen LogP contribution in [0, 0.1) is 0 Å². The molecule has 1 N–H and O–H groups in total. The van der Waals surface area contributed by atoms with E-state index in [4.69, 9.17) is 0 Å². The number of alkyl halides is 1. The minimum atomic E-state index is -0.716. The maximum atomic E-state index is 13.5. The molecule has 0 saturated heterocycles. The van der Waals surface area contributed by atoms with Crippen molar-refractivity contribution in [2.45, 2.75) is 50.7 Å². The van der Waals surface area contributed by atoms with Crippen LogP contribution in [0.25, 0.3) is 0 Å². The van der Waals surface area contributed by atoms with Gasteiger partial charge in [0.25, 0.3) is 0 Å². The highest BCUT2D eigenvalue weighted by Gasteiger charge is 2.28. The van der Waals surface area contributed by atoms with Crippen molar-refractivity contribution in [1.82, 2.24) is 9.97 Å². The summed E-state index contributed by atoms with van der Waals surface area (Å²) in [4.78, 5) is 8.53.